The molecule has 0 amide bonds. The van der Waals surface area contributed by atoms with Crippen molar-refractivity contribution >= 4 is 5.71 Å². The lowest BCUT2D eigenvalue weighted by Crippen LogP contribution is -2.33. The highest BCUT2D eigenvalue weighted by Crippen LogP contribution is 2.52. The highest BCUT2D eigenvalue weighted by molar-refractivity contribution is 6.03. The van der Waals surface area contributed by atoms with Gasteiger partial charge in [-0.1, -0.05) is 55.7 Å². The Morgan fingerprint density at radius 1 is 1.25 bits per heavy atom. The summed E-state index contributed by atoms with van der Waals surface area (Å²) < 4.78 is 6.03. The van der Waals surface area contributed by atoms with Crippen molar-refractivity contribution in [3.63, 3.8) is 0 Å². The predicted octanol–water partition coefficient (Wildman–Crippen LogP) is 5.70. The molecule has 0 heterocycles. The molecule has 3 rings (SSSR count). The number of ether oxygens (including phenoxy) is 1. The molecule has 0 bridgehead atoms. The number of rotatable bonds is 6. The number of benzene rings is 1. The largest absolute Gasteiger partial charge is 0.498 e. The quantitative estimate of drug-likeness (QED) is 0.615. The molecule has 0 aromatic heterocycles. The second kappa shape index (κ2) is 7.83. The maximum Gasteiger partial charge on any atom is 0.102 e. The number of aliphatic imine (C=N–C) groups is 1. The van der Waals surface area contributed by atoms with Gasteiger partial charge in [-0.15, -0.1) is 6.58 Å². The van der Waals surface area contributed by atoms with E-state index >= 15 is 0 Å². The maximum absolute atomic E-state index is 6.03. The average Bonchev–Trinajstić information content (AvgIpc) is 2.74. The van der Waals surface area contributed by atoms with E-state index in [-0.39, 0.29) is 5.41 Å². The molecule has 0 radical (unpaired) electrons. The molecule has 1 aromatic carbocycles. The molecule has 0 N–H and O–H groups in total. The Balaban J connectivity index is 1.94. The molecular formula is C22H29NO. The van der Waals surface area contributed by atoms with E-state index in [9.17, 15) is 0 Å². The zero-order valence-corrected chi connectivity index (χ0v) is 14.8. The van der Waals surface area contributed by atoms with Gasteiger partial charge in [-0.05, 0) is 37.8 Å². The SMILES string of the molecule is C=CC[C@@]12CCCCC[C@@H]1C(OCC)=CC2=NCc1ccccc1. The van der Waals surface area contributed by atoms with Crippen LogP contribution in [0, 0.1) is 11.3 Å². The van der Waals surface area contributed by atoms with Crippen LogP contribution in [0.15, 0.2) is 59.8 Å². The Morgan fingerprint density at radius 2 is 2.08 bits per heavy atom. The van der Waals surface area contributed by atoms with Crippen LogP contribution in [0.5, 0.6) is 0 Å². The molecule has 2 heteroatoms. The first kappa shape index (κ1) is 17.0. The van der Waals surface area contributed by atoms with Crippen LogP contribution in [0.4, 0.5) is 0 Å². The Bertz CT molecular complexity index is 616. The van der Waals surface area contributed by atoms with E-state index in [4.69, 9.17) is 9.73 Å². The lowest BCUT2D eigenvalue weighted by atomic mass is 9.69. The van der Waals surface area contributed by atoms with Crippen LogP contribution in [-0.4, -0.2) is 12.3 Å². The van der Waals surface area contributed by atoms with E-state index < -0.39 is 0 Å². The average molecular weight is 323 g/mol. The summed E-state index contributed by atoms with van der Waals surface area (Å²) in [4.78, 5) is 5.06. The minimum absolute atomic E-state index is 0.109. The van der Waals surface area contributed by atoms with Gasteiger partial charge in [-0.2, -0.15) is 0 Å². The van der Waals surface area contributed by atoms with Crippen molar-refractivity contribution in [1.82, 2.24) is 0 Å². The van der Waals surface area contributed by atoms with Crippen molar-refractivity contribution in [2.75, 3.05) is 6.61 Å². The van der Waals surface area contributed by atoms with Crippen molar-refractivity contribution in [3.8, 4) is 0 Å². The van der Waals surface area contributed by atoms with E-state index in [0.717, 1.165) is 25.3 Å². The number of allylic oxidation sites excluding steroid dienone is 3. The molecule has 128 valence electrons. The molecule has 0 saturated heterocycles. The third-order valence-corrected chi connectivity index (χ3v) is 5.51. The van der Waals surface area contributed by atoms with Crippen LogP contribution in [0.1, 0.15) is 51.0 Å². The fraction of sp³-hybridized carbons (Fsp3) is 0.500. The van der Waals surface area contributed by atoms with E-state index in [1.54, 1.807) is 0 Å². The second-order valence-corrected chi connectivity index (χ2v) is 6.97. The van der Waals surface area contributed by atoms with E-state index in [1.165, 1.54) is 43.4 Å². The second-order valence-electron chi connectivity index (χ2n) is 6.97. The lowest BCUT2D eigenvalue weighted by Gasteiger charge is -2.35. The zero-order chi connectivity index (χ0) is 16.8. The highest BCUT2D eigenvalue weighted by Gasteiger charge is 2.48. The Labute approximate surface area is 146 Å². The number of fused-ring (bicyclic) bond motifs is 1. The smallest absolute Gasteiger partial charge is 0.102 e. The summed E-state index contributed by atoms with van der Waals surface area (Å²) in [5.41, 5.74) is 2.61. The van der Waals surface area contributed by atoms with Gasteiger partial charge >= 0.3 is 0 Å². The molecule has 1 fully saturated rings. The van der Waals surface area contributed by atoms with Crippen molar-refractivity contribution in [1.29, 1.82) is 0 Å². The summed E-state index contributed by atoms with van der Waals surface area (Å²) >= 11 is 0. The van der Waals surface area contributed by atoms with Gasteiger partial charge in [-0.25, -0.2) is 0 Å². The summed E-state index contributed by atoms with van der Waals surface area (Å²) in [6, 6.07) is 10.5. The summed E-state index contributed by atoms with van der Waals surface area (Å²) in [6.07, 6.45) is 11.6. The Morgan fingerprint density at radius 3 is 2.83 bits per heavy atom. The van der Waals surface area contributed by atoms with Gasteiger partial charge in [0.15, 0.2) is 0 Å². The first-order chi connectivity index (χ1) is 11.8. The summed E-state index contributed by atoms with van der Waals surface area (Å²) in [7, 11) is 0. The molecule has 1 aromatic rings. The third kappa shape index (κ3) is 3.33. The van der Waals surface area contributed by atoms with Gasteiger partial charge in [0.1, 0.15) is 5.76 Å². The molecule has 2 aliphatic carbocycles. The highest BCUT2D eigenvalue weighted by atomic mass is 16.5. The van der Waals surface area contributed by atoms with Crippen molar-refractivity contribution in [2.45, 2.75) is 52.0 Å². The van der Waals surface area contributed by atoms with Crippen molar-refractivity contribution in [2.24, 2.45) is 16.3 Å². The topological polar surface area (TPSA) is 21.6 Å². The zero-order valence-electron chi connectivity index (χ0n) is 14.8. The van der Waals surface area contributed by atoms with Gasteiger partial charge < -0.3 is 4.74 Å². The van der Waals surface area contributed by atoms with E-state index in [2.05, 4.69) is 56.0 Å². The Kier molecular flexibility index (Phi) is 5.55. The molecule has 2 aliphatic rings. The van der Waals surface area contributed by atoms with Crippen LogP contribution in [0.3, 0.4) is 0 Å². The predicted molar refractivity (Wildman–Crippen MR) is 101 cm³/mol. The lowest BCUT2D eigenvalue weighted by molar-refractivity contribution is 0.148. The van der Waals surface area contributed by atoms with Gasteiger partial charge in [-0.3, -0.25) is 4.99 Å². The van der Waals surface area contributed by atoms with Gasteiger partial charge in [0, 0.05) is 17.0 Å². The van der Waals surface area contributed by atoms with Gasteiger partial charge in [0.05, 0.1) is 13.2 Å². The molecule has 0 unspecified atom stereocenters. The monoisotopic (exact) mass is 323 g/mol. The molecule has 1 saturated carbocycles. The van der Waals surface area contributed by atoms with Crippen LogP contribution in [0.25, 0.3) is 0 Å². The van der Waals surface area contributed by atoms with E-state index in [0.29, 0.717) is 5.92 Å². The molecule has 0 spiro atoms. The fourth-order valence-corrected chi connectivity index (χ4v) is 4.39. The first-order valence-electron chi connectivity index (χ1n) is 9.34. The molecule has 24 heavy (non-hydrogen) atoms. The molecule has 2 atom stereocenters. The number of hydrogen-bond donors (Lipinski definition) is 0. The van der Waals surface area contributed by atoms with Crippen molar-refractivity contribution < 1.29 is 4.74 Å². The van der Waals surface area contributed by atoms with Crippen LogP contribution >= 0.6 is 0 Å². The standard InChI is InChI=1S/C22H29NO/c1-3-14-22-15-10-6-9-13-19(22)20(24-4-2)16-21(22)23-17-18-11-7-5-8-12-18/h3,5,7-8,11-12,16,19H,1,4,6,9-10,13-15,17H2,2H3/t19-,22-/m1/s1. The summed E-state index contributed by atoms with van der Waals surface area (Å²) in [5, 5.41) is 0. The maximum atomic E-state index is 6.03. The first-order valence-corrected chi connectivity index (χ1v) is 9.34. The molecule has 0 aliphatic heterocycles. The van der Waals surface area contributed by atoms with Crippen LogP contribution in [-0.2, 0) is 11.3 Å². The van der Waals surface area contributed by atoms with Gasteiger partial charge in [0.25, 0.3) is 0 Å². The van der Waals surface area contributed by atoms with Gasteiger partial charge in [0.2, 0.25) is 0 Å². The summed E-state index contributed by atoms with van der Waals surface area (Å²) in [6.45, 7) is 7.60. The molecular weight excluding hydrogens is 294 g/mol. The minimum atomic E-state index is 0.109. The van der Waals surface area contributed by atoms with Crippen molar-refractivity contribution in [3.05, 3.63) is 60.4 Å². The number of hydrogen-bond acceptors (Lipinski definition) is 2. The Hall–Kier alpha value is -1.83. The molecule has 2 nitrogen and oxygen atoms in total. The minimum Gasteiger partial charge on any atom is -0.498 e. The fourth-order valence-electron chi connectivity index (χ4n) is 4.39. The summed E-state index contributed by atoms with van der Waals surface area (Å²) in [5.74, 6) is 1.64. The van der Waals surface area contributed by atoms with Crippen LogP contribution in [0.2, 0.25) is 0 Å². The van der Waals surface area contributed by atoms with Crippen LogP contribution < -0.4 is 0 Å². The third-order valence-electron chi connectivity index (χ3n) is 5.51. The normalized spacial score (nSPS) is 28.1. The van der Waals surface area contributed by atoms with E-state index in [1.807, 2.05) is 0 Å². The number of nitrogens with zero attached hydrogens (tertiary/aromatic N) is 1.